The van der Waals surface area contributed by atoms with E-state index in [9.17, 15) is 9.59 Å². The van der Waals surface area contributed by atoms with Gasteiger partial charge in [-0.1, -0.05) is 12.1 Å². The lowest BCUT2D eigenvalue weighted by Gasteiger charge is -2.19. The third-order valence-electron chi connectivity index (χ3n) is 4.30. The number of carbonyl (C=O) groups is 2. The van der Waals surface area contributed by atoms with E-state index in [4.69, 9.17) is 9.47 Å². The second-order valence-corrected chi connectivity index (χ2v) is 6.02. The molecule has 6 heteroatoms. The highest BCUT2D eigenvalue weighted by molar-refractivity contribution is 6.04. The molecule has 0 aromatic heterocycles. The van der Waals surface area contributed by atoms with Gasteiger partial charge in [0, 0.05) is 18.7 Å². The van der Waals surface area contributed by atoms with Gasteiger partial charge in [0.05, 0.1) is 25.3 Å². The standard InChI is InChI=1S/C20H22N2O4/c1-3-26-16-10-8-15(9-11-16)21-20(24)14-12-19(23)22(13-14)17-6-4-5-7-18(17)25-2/h4-11,14H,3,12-13H2,1-2H3,(H,21,24)/t14-/m1/s1. The fraction of sp³-hybridized carbons (Fsp3) is 0.300. The van der Waals surface area contributed by atoms with Crippen LogP contribution in [0.1, 0.15) is 13.3 Å². The lowest BCUT2D eigenvalue weighted by molar-refractivity contribution is -0.122. The van der Waals surface area contributed by atoms with E-state index in [2.05, 4.69) is 5.32 Å². The van der Waals surface area contributed by atoms with Crippen LogP contribution >= 0.6 is 0 Å². The molecule has 26 heavy (non-hydrogen) atoms. The predicted octanol–water partition coefficient (Wildman–Crippen LogP) is 3.09. The van der Waals surface area contributed by atoms with E-state index < -0.39 is 5.92 Å². The van der Waals surface area contributed by atoms with Crippen LogP contribution in [0.25, 0.3) is 0 Å². The summed E-state index contributed by atoms with van der Waals surface area (Å²) in [6.07, 6.45) is 0.181. The largest absolute Gasteiger partial charge is 0.495 e. The highest BCUT2D eigenvalue weighted by Crippen LogP contribution is 2.33. The zero-order chi connectivity index (χ0) is 18.5. The van der Waals surface area contributed by atoms with E-state index in [0.29, 0.717) is 30.3 Å². The van der Waals surface area contributed by atoms with Crippen molar-refractivity contribution >= 4 is 23.2 Å². The molecule has 0 unspecified atom stereocenters. The minimum absolute atomic E-state index is 0.0821. The summed E-state index contributed by atoms with van der Waals surface area (Å²) < 4.78 is 10.7. The van der Waals surface area contributed by atoms with Crippen molar-refractivity contribution in [1.29, 1.82) is 0 Å². The number of anilines is 2. The summed E-state index contributed by atoms with van der Waals surface area (Å²) in [7, 11) is 1.56. The molecule has 2 aromatic rings. The number of hydrogen-bond donors (Lipinski definition) is 1. The van der Waals surface area contributed by atoms with Gasteiger partial charge in [-0.15, -0.1) is 0 Å². The van der Waals surface area contributed by atoms with Crippen LogP contribution in [0.3, 0.4) is 0 Å². The first kappa shape index (κ1) is 17.8. The van der Waals surface area contributed by atoms with Crippen LogP contribution in [0.5, 0.6) is 11.5 Å². The van der Waals surface area contributed by atoms with E-state index in [0.717, 1.165) is 5.75 Å². The Morgan fingerprint density at radius 2 is 1.92 bits per heavy atom. The number of ether oxygens (including phenoxy) is 2. The van der Waals surface area contributed by atoms with Crippen LogP contribution in [-0.4, -0.2) is 32.1 Å². The smallest absolute Gasteiger partial charge is 0.229 e. The molecule has 1 aliphatic rings. The number of benzene rings is 2. The Balaban J connectivity index is 1.67. The molecule has 0 spiro atoms. The molecular formula is C20H22N2O4. The van der Waals surface area contributed by atoms with Crippen LogP contribution in [-0.2, 0) is 9.59 Å². The second-order valence-electron chi connectivity index (χ2n) is 6.02. The van der Waals surface area contributed by atoms with Gasteiger partial charge in [0.1, 0.15) is 11.5 Å². The molecule has 2 aromatic carbocycles. The molecule has 0 radical (unpaired) electrons. The van der Waals surface area contributed by atoms with Crippen LogP contribution in [0.4, 0.5) is 11.4 Å². The van der Waals surface area contributed by atoms with Gasteiger partial charge in [-0.2, -0.15) is 0 Å². The molecular weight excluding hydrogens is 332 g/mol. The van der Waals surface area contributed by atoms with Crippen molar-refractivity contribution in [3.8, 4) is 11.5 Å². The second kappa shape index (κ2) is 7.91. The van der Waals surface area contributed by atoms with Crippen LogP contribution < -0.4 is 19.7 Å². The summed E-state index contributed by atoms with van der Waals surface area (Å²) in [5, 5.41) is 2.87. The molecule has 1 atom stereocenters. The molecule has 136 valence electrons. The van der Waals surface area contributed by atoms with Crippen molar-refractivity contribution in [3.63, 3.8) is 0 Å². The summed E-state index contributed by atoms with van der Waals surface area (Å²) in [5.74, 6) is 0.720. The average Bonchev–Trinajstić information content (AvgIpc) is 3.05. The fourth-order valence-electron chi connectivity index (χ4n) is 3.01. The molecule has 1 fully saturated rings. The Morgan fingerprint density at radius 3 is 2.62 bits per heavy atom. The molecule has 3 rings (SSSR count). The minimum atomic E-state index is -0.404. The molecule has 1 aliphatic heterocycles. The Kier molecular flexibility index (Phi) is 5.41. The van der Waals surface area contributed by atoms with Crippen LogP contribution in [0.2, 0.25) is 0 Å². The van der Waals surface area contributed by atoms with Gasteiger partial charge >= 0.3 is 0 Å². The number of nitrogens with one attached hydrogen (secondary N) is 1. The Bertz CT molecular complexity index is 789. The lowest BCUT2D eigenvalue weighted by atomic mass is 10.1. The molecule has 6 nitrogen and oxygen atoms in total. The predicted molar refractivity (Wildman–Crippen MR) is 99.7 cm³/mol. The maximum Gasteiger partial charge on any atom is 0.229 e. The summed E-state index contributed by atoms with van der Waals surface area (Å²) in [4.78, 5) is 26.6. The third kappa shape index (κ3) is 3.79. The van der Waals surface area contributed by atoms with Crippen molar-refractivity contribution < 1.29 is 19.1 Å². The summed E-state index contributed by atoms with van der Waals surface area (Å²) >= 11 is 0. The lowest BCUT2D eigenvalue weighted by Crippen LogP contribution is -2.28. The molecule has 0 bridgehead atoms. The van der Waals surface area contributed by atoms with E-state index >= 15 is 0 Å². The fourth-order valence-corrected chi connectivity index (χ4v) is 3.01. The average molecular weight is 354 g/mol. The number of rotatable bonds is 6. The zero-order valence-electron chi connectivity index (χ0n) is 14.9. The summed E-state index contributed by atoms with van der Waals surface area (Å²) in [6, 6.07) is 14.5. The first-order chi connectivity index (χ1) is 12.6. The van der Waals surface area contributed by atoms with E-state index in [1.54, 1.807) is 42.3 Å². The SMILES string of the molecule is CCOc1ccc(NC(=O)[C@@H]2CC(=O)N(c3ccccc3OC)C2)cc1. The maximum atomic E-state index is 12.5. The Morgan fingerprint density at radius 1 is 1.19 bits per heavy atom. The normalized spacial score (nSPS) is 16.5. The third-order valence-corrected chi connectivity index (χ3v) is 4.30. The van der Waals surface area contributed by atoms with Gasteiger partial charge in [-0.3, -0.25) is 9.59 Å². The van der Waals surface area contributed by atoms with Crippen molar-refractivity contribution in [3.05, 3.63) is 48.5 Å². The van der Waals surface area contributed by atoms with Crippen molar-refractivity contribution in [2.24, 2.45) is 5.92 Å². The number of carbonyl (C=O) groups excluding carboxylic acids is 2. The van der Waals surface area contributed by atoms with E-state index in [1.165, 1.54) is 0 Å². The van der Waals surface area contributed by atoms with Crippen LogP contribution in [0.15, 0.2) is 48.5 Å². The molecule has 0 aliphatic carbocycles. The first-order valence-corrected chi connectivity index (χ1v) is 8.59. The van der Waals surface area contributed by atoms with Crippen molar-refractivity contribution in [1.82, 2.24) is 0 Å². The highest BCUT2D eigenvalue weighted by atomic mass is 16.5. The first-order valence-electron chi connectivity index (χ1n) is 8.59. The number of amides is 2. The van der Waals surface area contributed by atoms with Gasteiger partial charge in [0.15, 0.2) is 0 Å². The number of para-hydroxylation sites is 2. The van der Waals surface area contributed by atoms with Crippen molar-refractivity contribution in [2.45, 2.75) is 13.3 Å². The molecule has 1 saturated heterocycles. The zero-order valence-corrected chi connectivity index (χ0v) is 14.9. The highest BCUT2D eigenvalue weighted by Gasteiger charge is 2.36. The van der Waals surface area contributed by atoms with Crippen LogP contribution in [0, 0.1) is 5.92 Å². The molecule has 2 amide bonds. The van der Waals surface area contributed by atoms with Crippen molar-refractivity contribution in [2.75, 3.05) is 30.5 Å². The van der Waals surface area contributed by atoms with Gasteiger partial charge in [0.2, 0.25) is 11.8 Å². The van der Waals surface area contributed by atoms with Gasteiger partial charge in [-0.05, 0) is 43.3 Å². The summed E-state index contributed by atoms with van der Waals surface area (Å²) in [6.45, 7) is 2.84. The Labute approximate surface area is 152 Å². The monoisotopic (exact) mass is 354 g/mol. The minimum Gasteiger partial charge on any atom is -0.495 e. The number of hydrogen-bond acceptors (Lipinski definition) is 4. The van der Waals surface area contributed by atoms with E-state index in [-0.39, 0.29) is 18.2 Å². The molecule has 1 heterocycles. The maximum absolute atomic E-state index is 12.5. The number of nitrogens with zero attached hydrogens (tertiary/aromatic N) is 1. The van der Waals surface area contributed by atoms with Gasteiger partial charge < -0.3 is 19.7 Å². The quantitative estimate of drug-likeness (QED) is 0.866. The van der Waals surface area contributed by atoms with E-state index in [1.807, 2.05) is 25.1 Å². The van der Waals surface area contributed by atoms with Gasteiger partial charge in [0.25, 0.3) is 0 Å². The topological polar surface area (TPSA) is 67.9 Å². The van der Waals surface area contributed by atoms with Gasteiger partial charge in [-0.25, -0.2) is 0 Å². The number of methoxy groups -OCH3 is 1. The Hall–Kier alpha value is -3.02. The summed E-state index contributed by atoms with van der Waals surface area (Å²) in [5.41, 5.74) is 1.37. The molecule has 1 N–H and O–H groups in total. The molecule has 0 saturated carbocycles.